The number of allylic oxidation sites excluding steroid dienone is 1. The molecule has 0 unspecified atom stereocenters. The summed E-state index contributed by atoms with van der Waals surface area (Å²) in [6.07, 6.45) is 2.09. The number of rotatable bonds is 2. The fraction of sp³-hybridized carbons (Fsp3) is 0.174. The molecule has 1 aliphatic heterocycles. The molecule has 2 nitrogen and oxygen atoms in total. The lowest BCUT2D eigenvalue weighted by atomic mass is 9.84. The summed E-state index contributed by atoms with van der Waals surface area (Å²) in [6.45, 7) is 4.50. The molecule has 0 spiro atoms. The Morgan fingerprint density at radius 2 is 1.65 bits per heavy atom. The van der Waals surface area contributed by atoms with Crippen molar-refractivity contribution in [2.75, 3.05) is 17.3 Å². The van der Waals surface area contributed by atoms with Crippen LogP contribution in [0.3, 0.4) is 0 Å². The molecular formula is C23H22N2S. The van der Waals surface area contributed by atoms with Gasteiger partial charge in [0.05, 0.1) is 0 Å². The van der Waals surface area contributed by atoms with Crippen molar-refractivity contribution < 1.29 is 0 Å². The van der Waals surface area contributed by atoms with Gasteiger partial charge in [-0.05, 0) is 29.2 Å². The smallest absolute Gasteiger partial charge is 0.105 e. The highest BCUT2D eigenvalue weighted by Gasteiger charge is 2.38. The first-order chi connectivity index (χ1) is 12.5. The van der Waals surface area contributed by atoms with Gasteiger partial charge in [0.25, 0.3) is 0 Å². The molecule has 3 heteroatoms. The number of likely N-dealkylation sites (N-methyl/N-ethyl adjacent to an activating group) is 1. The molecular weight excluding hydrogens is 336 g/mol. The number of nitrogens with zero attached hydrogens (tertiary/aromatic N) is 1. The Labute approximate surface area is 160 Å². The zero-order valence-electron chi connectivity index (χ0n) is 15.3. The molecule has 0 bridgehead atoms. The Kier molecular flexibility index (Phi) is 4.04. The second-order valence-corrected chi connectivity index (χ2v) is 7.69. The van der Waals surface area contributed by atoms with Crippen molar-refractivity contribution >= 4 is 39.4 Å². The van der Waals surface area contributed by atoms with Crippen LogP contribution in [0, 0.1) is 0 Å². The van der Waals surface area contributed by atoms with Gasteiger partial charge in [0, 0.05) is 34.9 Å². The van der Waals surface area contributed by atoms with Gasteiger partial charge in [0.1, 0.15) is 4.99 Å². The molecule has 0 aliphatic carbocycles. The molecule has 0 atom stereocenters. The molecule has 130 valence electrons. The van der Waals surface area contributed by atoms with E-state index in [1.54, 1.807) is 0 Å². The molecule has 26 heavy (non-hydrogen) atoms. The average molecular weight is 359 g/mol. The van der Waals surface area contributed by atoms with Crippen LogP contribution in [0.25, 0.3) is 10.8 Å². The highest BCUT2D eigenvalue weighted by molar-refractivity contribution is 7.81. The normalized spacial score (nSPS) is 16.7. The van der Waals surface area contributed by atoms with E-state index < -0.39 is 0 Å². The fourth-order valence-corrected chi connectivity index (χ4v) is 4.11. The van der Waals surface area contributed by atoms with E-state index in [2.05, 4.69) is 104 Å². The second kappa shape index (κ2) is 6.26. The van der Waals surface area contributed by atoms with E-state index in [0.717, 1.165) is 10.7 Å². The van der Waals surface area contributed by atoms with Crippen LogP contribution in [0.15, 0.2) is 78.5 Å². The quantitative estimate of drug-likeness (QED) is 0.454. The summed E-state index contributed by atoms with van der Waals surface area (Å²) < 4.78 is 0. The predicted molar refractivity (Wildman–Crippen MR) is 116 cm³/mol. The first-order valence-electron chi connectivity index (χ1n) is 8.82. The van der Waals surface area contributed by atoms with Crippen LogP contribution >= 0.6 is 12.2 Å². The van der Waals surface area contributed by atoms with Crippen molar-refractivity contribution in [2.24, 2.45) is 0 Å². The van der Waals surface area contributed by atoms with Gasteiger partial charge in [-0.1, -0.05) is 80.7 Å². The molecule has 1 aliphatic rings. The van der Waals surface area contributed by atoms with Crippen LogP contribution in [0.1, 0.15) is 19.4 Å². The van der Waals surface area contributed by atoms with E-state index in [9.17, 15) is 0 Å². The lowest BCUT2D eigenvalue weighted by Gasteiger charge is -2.24. The molecule has 1 N–H and O–H groups in total. The topological polar surface area (TPSA) is 15.3 Å². The third kappa shape index (κ3) is 2.69. The van der Waals surface area contributed by atoms with E-state index in [-0.39, 0.29) is 5.41 Å². The van der Waals surface area contributed by atoms with E-state index in [0.29, 0.717) is 0 Å². The number of thiocarbonyl (C=S) groups is 1. The van der Waals surface area contributed by atoms with Crippen LogP contribution in [0.5, 0.6) is 0 Å². The summed E-state index contributed by atoms with van der Waals surface area (Å²) in [5.41, 5.74) is 4.76. The summed E-state index contributed by atoms with van der Waals surface area (Å²) in [6, 6.07) is 23.2. The molecule has 0 saturated heterocycles. The third-order valence-electron chi connectivity index (χ3n) is 5.26. The number of para-hydroxylation sites is 1. The van der Waals surface area contributed by atoms with Gasteiger partial charge in [-0.15, -0.1) is 0 Å². The van der Waals surface area contributed by atoms with Gasteiger partial charge >= 0.3 is 0 Å². The van der Waals surface area contributed by atoms with Crippen molar-refractivity contribution in [1.82, 2.24) is 0 Å². The van der Waals surface area contributed by atoms with Crippen LogP contribution in [-0.2, 0) is 5.41 Å². The number of benzene rings is 3. The monoisotopic (exact) mass is 358 g/mol. The molecule has 3 aromatic rings. The first-order valence-corrected chi connectivity index (χ1v) is 9.23. The molecule has 0 fully saturated rings. The Balaban J connectivity index is 1.68. The first kappa shape index (κ1) is 16.8. The lowest BCUT2D eigenvalue weighted by Crippen LogP contribution is -2.24. The van der Waals surface area contributed by atoms with E-state index in [4.69, 9.17) is 12.2 Å². The van der Waals surface area contributed by atoms with E-state index in [1.165, 1.54) is 27.7 Å². The largest absolute Gasteiger partial charge is 0.347 e. The summed E-state index contributed by atoms with van der Waals surface area (Å²) in [7, 11) is 2.11. The molecule has 0 radical (unpaired) electrons. The van der Waals surface area contributed by atoms with Crippen molar-refractivity contribution in [2.45, 2.75) is 19.3 Å². The van der Waals surface area contributed by atoms with Crippen molar-refractivity contribution in [1.29, 1.82) is 0 Å². The number of nitrogens with one attached hydrogen (secondary N) is 1. The van der Waals surface area contributed by atoms with Crippen LogP contribution < -0.4 is 10.2 Å². The minimum Gasteiger partial charge on any atom is -0.347 e. The standard InChI is InChI=1S/C23H22N2S/c1-23(2)18-12-6-7-14-20(18)25(3)21(23)15-22(26)24-19-13-8-10-16-9-4-5-11-17(16)19/h4-15H,1-3H3,(H,24,26). The molecule has 4 rings (SSSR count). The summed E-state index contributed by atoms with van der Waals surface area (Å²) in [4.78, 5) is 2.97. The van der Waals surface area contributed by atoms with Crippen LogP contribution in [-0.4, -0.2) is 12.0 Å². The summed E-state index contributed by atoms with van der Waals surface area (Å²) in [5.74, 6) is 0. The maximum atomic E-state index is 5.69. The minimum absolute atomic E-state index is 0.0736. The van der Waals surface area contributed by atoms with Gasteiger partial charge in [-0.2, -0.15) is 0 Å². The highest BCUT2D eigenvalue weighted by Crippen LogP contribution is 2.46. The lowest BCUT2D eigenvalue weighted by molar-refractivity contribution is 0.641. The number of hydrogen-bond donors (Lipinski definition) is 1. The maximum absolute atomic E-state index is 5.69. The van der Waals surface area contributed by atoms with Crippen molar-refractivity contribution in [3.05, 3.63) is 84.1 Å². The molecule has 0 amide bonds. The molecule has 0 saturated carbocycles. The second-order valence-electron chi connectivity index (χ2n) is 7.25. The SMILES string of the molecule is CN1C(=CC(=S)Nc2cccc3ccccc23)C(C)(C)c2ccccc21. The molecule has 3 aromatic carbocycles. The summed E-state index contributed by atoms with van der Waals surface area (Å²) >= 11 is 5.69. The van der Waals surface area contributed by atoms with Gasteiger partial charge in [-0.3, -0.25) is 0 Å². The Bertz CT molecular complexity index is 1030. The van der Waals surface area contributed by atoms with E-state index >= 15 is 0 Å². The Morgan fingerprint density at radius 3 is 2.46 bits per heavy atom. The zero-order valence-corrected chi connectivity index (χ0v) is 16.1. The van der Waals surface area contributed by atoms with Gasteiger partial charge in [-0.25, -0.2) is 0 Å². The fourth-order valence-electron chi connectivity index (χ4n) is 3.89. The summed E-state index contributed by atoms with van der Waals surface area (Å²) in [5, 5.41) is 5.81. The van der Waals surface area contributed by atoms with Crippen molar-refractivity contribution in [3.63, 3.8) is 0 Å². The molecule has 1 heterocycles. The maximum Gasteiger partial charge on any atom is 0.105 e. The van der Waals surface area contributed by atoms with Gasteiger partial charge in [0.2, 0.25) is 0 Å². The average Bonchev–Trinajstić information content (AvgIpc) is 2.83. The Hall–Kier alpha value is -2.65. The van der Waals surface area contributed by atoms with Crippen molar-refractivity contribution in [3.8, 4) is 0 Å². The third-order valence-corrected chi connectivity index (χ3v) is 5.48. The highest BCUT2D eigenvalue weighted by atomic mass is 32.1. The molecule has 0 aromatic heterocycles. The minimum atomic E-state index is -0.0736. The van der Waals surface area contributed by atoms with Gasteiger partial charge < -0.3 is 10.2 Å². The number of fused-ring (bicyclic) bond motifs is 2. The van der Waals surface area contributed by atoms with Gasteiger partial charge in [0.15, 0.2) is 0 Å². The number of anilines is 2. The Morgan fingerprint density at radius 1 is 0.962 bits per heavy atom. The zero-order chi connectivity index (χ0) is 18.3. The number of hydrogen-bond acceptors (Lipinski definition) is 2. The van der Waals surface area contributed by atoms with E-state index in [1.807, 2.05) is 0 Å². The van der Waals surface area contributed by atoms with Crippen LogP contribution in [0.2, 0.25) is 0 Å². The predicted octanol–water partition coefficient (Wildman–Crippen LogP) is 5.89. The van der Waals surface area contributed by atoms with Crippen LogP contribution in [0.4, 0.5) is 11.4 Å².